The molecule has 0 spiro atoms. The maximum absolute atomic E-state index is 3.12. The van der Waals surface area contributed by atoms with Gasteiger partial charge in [0.2, 0.25) is 0 Å². The summed E-state index contributed by atoms with van der Waals surface area (Å²) in [6.45, 7) is 3.08. The number of hydrogen-bond acceptors (Lipinski definition) is 2. The topological polar surface area (TPSA) is 24.1 Å². The molecule has 2 heteroatoms. The quantitative estimate of drug-likeness (QED) is 0.434. The second-order valence-electron chi connectivity index (χ2n) is 2.63. The molecule has 0 aromatic carbocycles. The predicted octanol–water partition coefficient (Wildman–Crippen LogP) is 1.85. The molecule has 0 radical (unpaired) electrons. The maximum atomic E-state index is 3.12. The molecule has 0 aliphatic carbocycles. The molecule has 2 nitrogen and oxygen atoms in total. The van der Waals surface area contributed by atoms with Crippen molar-refractivity contribution in [1.29, 1.82) is 0 Å². The molecule has 2 N–H and O–H groups in total. The second-order valence-corrected chi connectivity index (χ2v) is 2.63. The summed E-state index contributed by atoms with van der Waals surface area (Å²) >= 11 is 0. The molecule has 66 valence electrons. The molecular weight excluding hydrogens is 136 g/mol. The number of nitrogens with one attached hydrogen (secondary N) is 2. The van der Waals surface area contributed by atoms with E-state index in [1.807, 2.05) is 13.2 Å². The summed E-state index contributed by atoms with van der Waals surface area (Å²) in [5.41, 5.74) is 0. The number of allylic oxidation sites excluding steroid dienone is 1. The van der Waals surface area contributed by atoms with Crippen molar-refractivity contribution >= 4 is 0 Å². The normalized spacial score (nSPS) is 10.7. The van der Waals surface area contributed by atoms with E-state index >= 15 is 0 Å². The molecule has 0 saturated carbocycles. The molecule has 0 aliphatic heterocycles. The molecule has 0 rings (SSSR count). The van der Waals surface area contributed by atoms with E-state index in [4.69, 9.17) is 0 Å². The summed E-state index contributed by atoms with van der Waals surface area (Å²) in [6, 6.07) is 0. The van der Waals surface area contributed by atoms with Crippen LogP contribution in [0.2, 0.25) is 0 Å². The van der Waals surface area contributed by atoms with Gasteiger partial charge in [-0.25, -0.2) is 0 Å². The minimum absolute atomic E-state index is 0.851. The minimum atomic E-state index is 0.851. The van der Waals surface area contributed by atoms with Gasteiger partial charge >= 0.3 is 0 Å². The number of hydrogen-bond donors (Lipinski definition) is 2. The minimum Gasteiger partial charge on any atom is -0.379 e. The van der Waals surface area contributed by atoms with Crippen molar-refractivity contribution < 1.29 is 0 Å². The van der Waals surface area contributed by atoms with Gasteiger partial charge in [-0.2, -0.15) is 0 Å². The Morgan fingerprint density at radius 3 is 2.73 bits per heavy atom. The standard InChI is InChI=1S/C9H20N2/c1-3-4-5-6-7-8-11-9-10-2/h7-8,10-11H,3-6,9H2,1-2H3/b8-7-. The molecule has 0 heterocycles. The monoisotopic (exact) mass is 156 g/mol. The van der Waals surface area contributed by atoms with Crippen molar-refractivity contribution in [2.45, 2.75) is 32.6 Å². The Bertz CT molecular complexity index is 89.6. The van der Waals surface area contributed by atoms with E-state index in [2.05, 4.69) is 23.6 Å². The second kappa shape index (κ2) is 9.50. The van der Waals surface area contributed by atoms with E-state index in [0.29, 0.717) is 0 Å². The van der Waals surface area contributed by atoms with E-state index in [0.717, 1.165) is 6.67 Å². The van der Waals surface area contributed by atoms with Crippen molar-refractivity contribution in [1.82, 2.24) is 10.6 Å². The van der Waals surface area contributed by atoms with Crippen LogP contribution in [0.3, 0.4) is 0 Å². The first-order chi connectivity index (χ1) is 5.41. The number of unbranched alkanes of at least 4 members (excludes halogenated alkanes) is 3. The van der Waals surface area contributed by atoms with Crippen molar-refractivity contribution in [3.05, 3.63) is 12.3 Å². The van der Waals surface area contributed by atoms with Crippen LogP contribution in [0.1, 0.15) is 32.6 Å². The maximum Gasteiger partial charge on any atom is 0.0645 e. The summed E-state index contributed by atoms with van der Waals surface area (Å²) in [5, 5.41) is 6.13. The Morgan fingerprint density at radius 1 is 1.27 bits per heavy atom. The molecule has 11 heavy (non-hydrogen) atoms. The van der Waals surface area contributed by atoms with Gasteiger partial charge in [0.1, 0.15) is 0 Å². The average molecular weight is 156 g/mol. The highest BCUT2D eigenvalue weighted by atomic mass is 15.0. The molecule has 0 amide bonds. The average Bonchev–Trinajstić information content (AvgIpc) is 2.03. The van der Waals surface area contributed by atoms with Gasteiger partial charge in [-0.1, -0.05) is 25.8 Å². The van der Waals surface area contributed by atoms with Crippen LogP contribution in [0.5, 0.6) is 0 Å². The van der Waals surface area contributed by atoms with Crippen molar-refractivity contribution in [2.24, 2.45) is 0 Å². The summed E-state index contributed by atoms with van der Waals surface area (Å²) < 4.78 is 0. The van der Waals surface area contributed by atoms with Crippen LogP contribution >= 0.6 is 0 Å². The third-order valence-corrected chi connectivity index (χ3v) is 1.49. The summed E-state index contributed by atoms with van der Waals surface area (Å²) in [5.74, 6) is 0. The van der Waals surface area contributed by atoms with Gasteiger partial charge in [-0.05, 0) is 26.1 Å². The van der Waals surface area contributed by atoms with Gasteiger partial charge in [0, 0.05) is 0 Å². The predicted molar refractivity (Wildman–Crippen MR) is 50.3 cm³/mol. The van der Waals surface area contributed by atoms with E-state index in [1.165, 1.54) is 25.7 Å². The Morgan fingerprint density at radius 2 is 2.09 bits per heavy atom. The Kier molecular flexibility index (Phi) is 9.07. The fourth-order valence-electron chi connectivity index (χ4n) is 0.840. The lowest BCUT2D eigenvalue weighted by Crippen LogP contribution is -2.20. The van der Waals surface area contributed by atoms with E-state index in [-0.39, 0.29) is 0 Å². The summed E-state index contributed by atoms with van der Waals surface area (Å²) in [4.78, 5) is 0. The highest BCUT2D eigenvalue weighted by Crippen LogP contribution is 1.98. The fourth-order valence-corrected chi connectivity index (χ4v) is 0.840. The first-order valence-electron chi connectivity index (χ1n) is 4.44. The first kappa shape index (κ1) is 10.5. The molecule has 0 aromatic rings. The Hall–Kier alpha value is -0.500. The van der Waals surface area contributed by atoms with Crippen molar-refractivity contribution in [3.63, 3.8) is 0 Å². The molecule has 0 bridgehead atoms. The van der Waals surface area contributed by atoms with Crippen molar-refractivity contribution in [3.8, 4) is 0 Å². The van der Waals surface area contributed by atoms with Crippen LogP contribution in [0.15, 0.2) is 12.3 Å². The highest BCUT2D eigenvalue weighted by Gasteiger charge is 1.80. The van der Waals surface area contributed by atoms with Crippen LogP contribution in [0.4, 0.5) is 0 Å². The molecule has 0 aromatic heterocycles. The first-order valence-corrected chi connectivity index (χ1v) is 4.44. The van der Waals surface area contributed by atoms with Gasteiger partial charge in [0.15, 0.2) is 0 Å². The van der Waals surface area contributed by atoms with Gasteiger partial charge in [-0.3, -0.25) is 0 Å². The molecule has 0 fully saturated rings. The van der Waals surface area contributed by atoms with E-state index < -0.39 is 0 Å². The van der Waals surface area contributed by atoms with Crippen LogP contribution in [-0.2, 0) is 0 Å². The molecule has 0 unspecified atom stereocenters. The van der Waals surface area contributed by atoms with Crippen LogP contribution < -0.4 is 10.6 Å². The SMILES string of the molecule is CCCCC/C=C\NCNC. The third kappa shape index (κ3) is 9.50. The lowest BCUT2D eigenvalue weighted by Gasteiger charge is -1.96. The molecule has 0 atom stereocenters. The summed E-state index contributed by atoms with van der Waals surface area (Å²) in [6.07, 6.45) is 9.37. The smallest absolute Gasteiger partial charge is 0.0645 e. The fraction of sp³-hybridized carbons (Fsp3) is 0.778. The zero-order chi connectivity index (χ0) is 8.36. The molecule has 0 saturated heterocycles. The van der Waals surface area contributed by atoms with Crippen LogP contribution in [0.25, 0.3) is 0 Å². The zero-order valence-electron chi connectivity index (χ0n) is 7.69. The van der Waals surface area contributed by atoms with Crippen molar-refractivity contribution in [2.75, 3.05) is 13.7 Å². The number of rotatable bonds is 7. The molecular formula is C9H20N2. The van der Waals surface area contributed by atoms with Crippen LogP contribution in [0, 0.1) is 0 Å². The Labute approximate surface area is 70.1 Å². The molecule has 0 aliphatic rings. The lowest BCUT2D eigenvalue weighted by atomic mass is 10.2. The van der Waals surface area contributed by atoms with Gasteiger partial charge in [-0.15, -0.1) is 0 Å². The zero-order valence-corrected chi connectivity index (χ0v) is 7.69. The Balaban J connectivity index is 2.91. The summed E-state index contributed by atoms with van der Waals surface area (Å²) in [7, 11) is 1.93. The third-order valence-electron chi connectivity index (χ3n) is 1.49. The largest absolute Gasteiger partial charge is 0.379 e. The van der Waals surface area contributed by atoms with Gasteiger partial charge in [0.05, 0.1) is 6.67 Å². The van der Waals surface area contributed by atoms with Gasteiger partial charge in [0.25, 0.3) is 0 Å². The van der Waals surface area contributed by atoms with E-state index in [1.54, 1.807) is 0 Å². The van der Waals surface area contributed by atoms with Gasteiger partial charge < -0.3 is 10.6 Å². The van der Waals surface area contributed by atoms with Crippen LogP contribution in [-0.4, -0.2) is 13.7 Å². The highest BCUT2D eigenvalue weighted by molar-refractivity contribution is 4.78. The lowest BCUT2D eigenvalue weighted by molar-refractivity contribution is 0.714. The van der Waals surface area contributed by atoms with E-state index in [9.17, 15) is 0 Å².